The number of anilines is 3. The van der Waals surface area contributed by atoms with E-state index in [1.54, 1.807) is 52.1 Å². The van der Waals surface area contributed by atoms with E-state index in [-0.39, 0.29) is 29.7 Å². The van der Waals surface area contributed by atoms with Gasteiger partial charge in [-0.2, -0.15) is 10.2 Å². The van der Waals surface area contributed by atoms with Crippen molar-refractivity contribution >= 4 is 84.0 Å². The molecule has 4 saturated heterocycles. The summed E-state index contributed by atoms with van der Waals surface area (Å²) in [5.74, 6) is 0.884. The molecule has 8 heterocycles. The lowest BCUT2D eigenvalue weighted by Gasteiger charge is -2.26. The quantitative estimate of drug-likeness (QED) is 0.124. The number of hydrogen-bond donors (Lipinski definition) is 4. The SMILES string of the molecule is C[C@H]1CCN(C(=O)Nc2cnn3ccc(N4CCC[C@@H]4c4ccc(Br)c(F)c4)nc23)C1.Fc1cc(C2CCCN2)ccc1Br.O=C(Nc1cnn2ccc(Cl)nc12)N1CC[C@H](O)C1. The van der Waals surface area contributed by atoms with E-state index in [1.165, 1.54) is 17.1 Å². The lowest BCUT2D eigenvalue weighted by molar-refractivity contribution is 0.176. The zero-order chi connectivity index (χ0) is 44.2. The lowest BCUT2D eigenvalue weighted by atomic mass is 10.0. The second-order valence-corrected chi connectivity index (χ2v) is 18.2. The Hall–Kier alpha value is -4.95. The van der Waals surface area contributed by atoms with Crippen molar-refractivity contribution in [2.24, 2.45) is 5.92 Å². The van der Waals surface area contributed by atoms with Gasteiger partial charge in [0.2, 0.25) is 0 Å². The highest BCUT2D eigenvalue weighted by Gasteiger charge is 2.29. The molecule has 63 heavy (non-hydrogen) atoms. The number of β-amino-alcohol motifs (C(OH)–C–C–N with tert-alkyl or cyclic N) is 1. The highest BCUT2D eigenvalue weighted by Crippen LogP contribution is 2.37. The first-order chi connectivity index (χ1) is 30.4. The maximum atomic E-state index is 14.1. The summed E-state index contributed by atoms with van der Waals surface area (Å²) in [4.78, 5) is 39.1. The van der Waals surface area contributed by atoms with Crippen LogP contribution in [0.15, 0.2) is 82.3 Å². The van der Waals surface area contributed by atoms with Crippen LogP contribution in [0.3, 0.4) is 0 Å². The van der Waals surface area contributed by atoms with E-state index in [2.05, 4.69) is 74.8 Å². The van der Waals surface area contributed by atoms with Crippen LogP contribution in [0.25, 0.3) is 11.3 Å². The molecule has 1 unspecified atom stereocenters. The molecule has 0 bridgehead atoms. The summed E-state index contributed by atoms with van der Waals surface area (Å²) in [5, 5.41) is 27.2. The van der Waals surface area contributed by atoms with E-state index < -0.39 is 6.10 Å². The van der Waals surface area contributed by atoms with E-state index in [0.29, 0.717) is 68.2 Å². The molecule has 4 amide bonds. The largest absolute Gasteiger partial charge is 0.391 e. The molecule has 6 aromatic rings. The van der Waals surface area contributed by atoms with Gasteiger partial charge in [0.25, 0.3) is 0 Å². The molecular formula is C43H47Br2ClF2N12O3. The maximum absolute atomic E-state index is 14.1. The van der Waals surface area contributed by atoms with Gasteiger partial charge in [-0.05, 0) is 130 Å². The molecule has 4 atom stereocenters. The zero-order valence-electron chi connectivity index (χ0n) is 34.4. The van der Waals surface area contributed by atoms with Crippen molar-refractivity contribution in [3.63, 3.8) is 0 Å². The summed E-state index contributed by atoms with van der Waals surface area (Å²) in [6.45, 7) is 6.46. The Morgan fingerprint density at radius 1 is 0.778 bits per heavy atom. The molecule has 2 aromatic carbocycles. The van der Waals surface area contributed by atoms with Gasteiger partial charge in [-0.3, -0.25) is 0 Å². The Morgan fingerprint density at radius 3 is 2.00 bits per heavy atom. The fraction of sp³-hybridized carbons (Fsp3) is 0.395. The van der Waals surface area contributed by atoms with Crippen LogP contribution in [0.2, 0.25) is 5.15 Å². The number of rotatable bonds is 5. The molecule has 4 fully saturated rings. The number of likely N-dealkylation sites (tertiary alicyclic amines) is 2. The Bertz CT molecular complexity index is 2590. The van der Waals surface area contributed by atoms with Crippen molar-refractivity contribution < 1.29 is 23.5 Å². The van der Waals surface area contributed by atoms with E-state index in [1.807, 2.05) is 29.3 Å². The topological polar surface area (TPSA) is 161 Å². The van der Waals surface area contributed by atoms with Gasteiger partial charge in [0.1, 0.15) is 34.0 Å². The van der Waals surface area contributed by atoms with Crippen molar-refractivity contribution in [3.05, 3.63) is 110 Å². The normalized spacial score (nSPS) is 20.8. The fourth-order valence-corrected chi connectivity index (χ4v) is 8.91. The van der Waals surface area contributed by atoms with Crippen LogP contribution in [-0.2, 0) is 0 Å². The molecule has 10 rings (SSSR count). The summed E-state index contributed by atoms with van der Waals surface area (Å²) >= 11 is 12.2. The highest BCUT2D eigenvalue weighted by molar-refractivity contribution is 9.10. The van der Waals surface area contributed by atoms with Crippen LogP contribution in [0.4, 0.5) is 35.6 Å². The van der Waals surface area contributed by atoms with Crippen molar-refractivity contribution in [2.45, 2.75) is 63.6 Å². The van der Waals surface area contributed by atoms with Crippen LogP contribution < -0.4 is 20.9 Å². The molecular weight excluding hydrogens is 966 g/mol. The number of aliphatic hydroxyl groups excluding tert-OH is 1. The third-order valence-electron chi connectivity index (χ3n) is 11.6. The van der Waals surface area contributed by atoms with Gasteiger partial charge in [-0.1, -0.05) is 30.7 Å². The number of hydrogen-bond acceptors (Lipinski definition) is 9. The number of aliphatic hydroxyl groups is 1. The minimum Gasteiger partial charge on any atom is -0.391 e. The number of benzene rings is 2. The summed E-state index contributed by atoms with van der Waals surface area (Å²) in [5.41, 5.74) is 4.17. The average Bonchev–Trinajstić information content (AvgIpc) is 4.14. The van der Waals surface area contributed by atoms with E-state index in [9.17, 15) is 23.5 Å². The minimum absolute atomic E-state index is 0.0598. The standard InChI is InChI=1S/C22H24BrFN6O.C11H12ClN5O2.C10H11BrFN/c1-14-6-9-28(13-14)22(31)26-18-12-25-30-10-7-20(27-21(18)30)29-8-2-3-19(29)15-4-5-16(23)17(24)11-15;12-9-2-4-17-10(15-9)8(5-13-17)14-11(19)16-3-1-7(18)6-16;11-8-4-3-7(6-9(8)12)10-2-1-5-13-10/h4-5,7,10-12,14,19H,2-3,6,8-9,13H2,1H3,(H,26,31);2,4-5,7,18H,1,3,6H2,(H,14,19);3-4,6,10,13H,1-2,5H2/t14-,19+;7-;/m00./s1. The van der Waals surface area contributed by atoms with Crippen LogP contribution in [-0.4, -0.2) is 102 Å². The van der Waals surface area contributed by atoms with Gasteiger partial charge in [-0.15, -0.1) is 0 Å². The van der Waals surface area contributed by atoms with Gasteiger partial charge in [0.15, 0.2) is 11.3 Å². The monoisotopic (exact) mass is 1010 g/mol. The molecule has 0 aliphatic carbocycles. The van der Waals surface area contributed by atoms with Crippen molar-refractivity contribution in [1.82, 2.24) is 44.3 Å². The predicted octanol–water partition coefficient (Wildman–Crippen LogP) is 8.84. The number of carbonyl (C=O) groups excluding carboxylic acids is 2. The molecule has 4 N–H and O–H groups in total. The molecule has 0 spiro atoms. The summed E-state index contributed by atoms with van der Waals surface area (Å²) < 4.78 is 31.5. The molecule has 4 aliphatic heterocycles. The summed E-state index contributed by atoms with van der Waals surface area (Å²) in [6, 6.07) is 14.2. The molecule has 15 nitrogen and oxygen atoms in total. The Labute approximate surface area is 384 Å². The molecule has 0 radical (unpaired) electrons. The third-order valence-corrected chi connectivity index (χ3v) is 13.1. The first-order valence-electron chi connectivity index (χ1n) is 20.9. The minimum atomic E-state index is -0.442. The Kier molecular flexibility index (Phi) is 14.1. The number of nitrogens with zero attached hydrogens (tertiary/aromatic N) is 9. The van der Waals surface area contributed by atoms with Gasteiger partial charge >= 0.3 is 12.1 Å². The second-order valence-electron chi connectivity index (χ2n) is 16.1. The summed E-state index contributed by atoms with van der Waals surface area (Å²) in [6.07, 6.45) is 12.1. The van der Waals surface area contributed by atoms with Gasteiger partial charge < -0.3 is 35.8 Å². The van der Waals surface area contributed by atoms with Crippen LogP contribution >= 0.6 is 43.5 Å². The molecule has 0 saturated carbocycles. The van der Waals surface area contributed by atoms with Crippen LogP contribution in [0.5, 0.6) is 0 Å². The van der Waals surface area contributed by atoms with Crippen molar-refractivity contribution in [2.75, 3.05) is 54.8 Å². The number of nitrogens with one attached hydrogen (secondary N) is 3. The summed E-state index contributed by atoms with van der Waals surface area (Å²) in [7, 11) is 0. The first kappa shape index (κ1) is 44.6. The molecule has 332 valence electrons. The van der Waals surface area contributed by atoms with Crippen LogP contribution in [0.1, 0.15) is 68.7 Å². The second kappa shape index (κ2) is 19.8. The molecule has 4 aromatic heterocycles. The van der Waals surface area contributed by atoms with Gasteiger partial charge in [-0.25, -0.2) is 37.4 Å². The average molecular weight is 1010 g/mol. The number of carbonyl (C=O) groups is 2. The predicted molar refractivity (Wildman–Crippen MR) is 244 cm³/mol. The maximum Gasteiger partial charge on any atom is 0.322 e. The Morgan fingerprint density at radius 2 is 1.40 bits per heavy atom. The highest BCUT2D eigenvalue weighted by atomic mass is 79.9. The van der Waals surface area contributed by atoms with E-state index in [4.69, 9.17) is 16.6 Å². The number of aromatic nitrogens is 6. The van der Waals surface area contributed by atoms with Crippen LogP contribution in [0, 0.1) is 17.6 Å². The van der Waals surface area contributed by atoms with E-state index in [0.717, 1.165) is 68.8 Å². The molecule has 4 aliphatic rings. The fourth-order valence-electron chi connectivity index (χ4n) is 8.28. The number of urea groups is 2. The van der Waals surface area contributed by atoms with E-state index >= 15 is 0 Å². The van der Waals surface area contributed by atoms with Crippen molar-refractivity contribution in [3.8, 4) is 0 Å². The number of fused-ring (bicyclic) bond motifs is 2. The third kappa shape index (κ3) is 10.5. The lowest BCUT2D eigenvalue weighted by Crippen LogP contribution is -2.33. The Balaban J connectivity index is 0.000000144. The first-order valence-corrected chi connectivity index (χ1v) is 22.9. The van der Waals surface area contributed by atoms with Gasteiger partial charge in [0.05, 0.1) is 33.5 Å². The smallest absolute Gasteiger partial charge is 0.322 e. The number of halogens is 5. The van der Waals surface area contributed by atoms with Crippen molar-refractivity contribution in [1.29, 1.82) is 0 Å². The number of amides is 4. The zero-order valence-corrected chi connectivity index (χ0v) is 38.3. The molecule has 20 heteroatoms. The van der Waals surface area contributed by atoms with Gasteiger partial charge in [0, 0.05) is 51.2 Å².